The molecule has 0 bridgehead atoms. The zero-order chi connectivity index (χ0) is 33.0. The van der Waals surface area contributed by atoms with Gasteiger partial charge >= 0.3 is 12.2 Å². The Morgan fingerprint density at radius 2 is 1.44 bits per heavy atom. The number of rotatable bonds is 13. The van der Waals surface area contributed by atoms with Crippen molar-refractivity contribution in [3.8, 4) is 0 Å². The number of alkyl carbamates (subject to hydrolysis) is 2. The summed E-state index contributed by atoms with van der Waals surface area (Å²) >= 11 is 0. The summed E-state index contributed by atoms with van der Waals surface area (Å²) in [6, 6.07) is 23.0. The molecule has 0 fully saturated rings. The van der Waals surface area contributed by atoms with Gasteiger partial charge in [-0.2, -0.15) is 0 Å². The van der Waals surface area contributed by atoms with Crippen LogP contribution in [0.2, 0.25) is 13.1 Å². The summed E-state index contributed by atoms with van der Waals surface area (Å²) in [5, 5.41) is 6.39. The third kappa shape index (κ3) is 12.7. The van der Waals surface area contributed by atoms with Gasteiger partial charge in [0.05, 0.1) is 12.1 Å². The average molecular weight is 634 g/mol. The van der Waals surface area contributed by atoms with E-state index in [0.717, 1.165) is 16.7 Å². The van der Waals surface area contributed by atoms with E-state index in [9.17, 15) is 9.59 Å². The molecule has 0 saturated carbocycles. The van der Waals surface area contributed by atoms with Gasteiger partial charge in [-0.15, -0.1) is 0 Å². The Balaban J connectivity index is 2.00. The van der Waals surface area contributed by atoms with Crippen molar-refractivity contribution >= 4 is 21.2 Å². The maximum atomic E-state index is 13.4. The maximum absolute atomic E-state index is 13.4. The molecule has 0 aliphatic carbocycles. The second-order valence-electron chi connectivity index (χ2n) is 13.9. The number of amides is 2. The van der Waals surface area contributed by atoms with Gasteiger partial charge in [0, 0.05) is 24.0 Å². The predicted molar refractivity (Wildman–Crippen MR) is 181 cm³/mol. The zero-order valence-electron chi connectivity index (χ0n) is 28.1. The molecule has 3 aromatic rings. The van der Waals surface area contributed by atoms with Crippen LogP contribution >= 0.6 is 0 Å². The molecule has 3 rings (SSSR count). The molecule has 0 saturated heterocycles. The smallest absolute Gasteiger partial charge is 0.407 e. The van der Waals surface area contributed by atoms with Gasteiger partial charge < -0.3 is 24.5 Å². The van der Waals surface area contributed by atoms with Gasteiger partial charge in [0.25, 0.3) is 0 Å². The molecule has 1 aromatic heterocycles. The van der Waals surface area contributed by atoms with Crippen molar-refractivity contribution in [2.24, 2.45) is 11.3 Å². The summed E-state index contributed by atoms with van der Waals surface area (Å²) < 4.78 is 18.1. The van der Waals surface area contributed by atoms with Crippen LogP contribution in [-0.2, 0) is 26.9 Å². The summed E-state index contributed by atoms with van der Waals surface area (Å²) in [5.74, 6) is -0.143. The van der Waals surface area contributed by atoms with Gasteiger partial charge in [-0.1, -0.05) is 87.5 Å². The van der Waals surface area contributed by atoms with E-state index in [1.165, 1.54) is 0 Å². The summed E-state index contributed by atoms with van der Waals surface area (Å²) in [6.45, 7) is 16.4. The second kappa shape index (κ2) is 16.6. The van der Waals surface area contributed by atoms with Gasteiger partial charge in [-0.3, -0.25) is 4.98 Å². The van der Waals surface area contributed by atoms with E-state index >= 15 is 0 Å². The van der Waals surface area contributed by atoms with E-state index in [1.807, 2.05) is 81.4 Å². The van der Waals surface area contributed by atoms with Crippen molar-refractivity contribution in [1.82, 2.24) is 15.6 Å². The number of benzene rings is 2. The molecule has 244 valence electrons. The van der Waals surface area contributed by atoms with Crippen LogP contribution in [-0.4, -0.2) is 43.9 Å². The normalized spacial score (nSPS) is 14.6. The second-order valence-corrected chi connectivity index (χ2v) is 16.2. The van der Waals surface area contributed by atoms with E-state index in [4.69, 9.17) is 13.9 Å². The number of aromatic nitrogens is 1. The minimum atomic E-state index is -1.58. The lowest BCUT2D eigenvalue weighted by Crippen LogP contribution is -2.53. The molecular weight excluding hydrogens is 582 g/mol. The van der Waals surface area contributed by atoms with Gasteiger partial charge in [-0.05, 0) is 75.2 Å². The number of ether oxygens (including phenoxy) is 2. The first-order valence-electron chi connectivity index (χ1n) is 15.8. The largest absolute Gasteiger partial charge is 0.445 e. The van der Waals surface area contributed by atoms with Crippen molar-refractivity contribution < 1.29 is 23.5 Å². The molecule has 2 N–H and O–H groups in total. The summed E-state index contributed by atoms with van der Waals surface area (Å²) in [4.78, 5) is 30.7. The standard InChI is InChI=1S/C36H51N3O5Si/c1-35(2,3)30(31(39-34(41)43-36(4,5)6)32(44-45(7)8)28-19-13-10-14-20-28)23-29(22-26-16-11-9-12-17-26)38-33(40)42-25-27-18-15-21-37-24-27/h9-21,24,29-32,45H,22-23,25H2,1-8H3,(H,38,40)(H,39,41)/t29-,30-,31+,32?/m1/s1. The number of carbonyl (C=O) groups excluding carboxylic acids is 2. The summed E-state index contributed by atoms with van der Waals surface area (Å²) in [7, 11) is -1.58. The Morgan fingerprint density at radius 3 is 2.00 bits per heavy atom. The number of hydrogen-bond acceptors (Lipinski definition) is 6. The van der Waals surface area contributed by atoms with Crippen LogP contribution in [0, 0.1) is 11.3 Å². The number of carbonyl (C=O) groups is 2. The molecule has 8 nitrogen and oxygen atoms in total. The fraction of sp³-hybridized carbons (Fsp3) is 0.472. The molecule has 2 aromatic carbocycles. The van der Waals surface area contributed by atoms with E-state index in [1.54, 1.807) is 12.4 Å². The van der Waals surface area contributed by atoms with Crippen LogP contribution in [0.5, 0.6) is 0 Å². The lowest BCUT2D eigenvalue weighted by atomic mass is 9.70. The molecule has 0 aliphatic rings. The van der Waals surface area contributed by atoms with E-state index < -0.39 is 39.0 Å². The topological polar surface area (TPSA) is 98.8 Å². The van der Waals surface area contributed by atoms with Crippen LogP contribution in [0.25, 0.3) is 0 Å². The fourth-order valence-corrected chi connectivity index (χ4v) is 6.33. The van der Waals surface area contributed by atoms with Crippen molar-refractivity contribution in [3.05, 3.63) is 102 Å². The Labute approximate surface area is 271 Å². The van der Waals surface area contributed by atoms with Crippen molar-refractivity contribution in [3.63, 3.8) is 0 Å². The Morgan fingerprint density at radius 1 is 0.822 bits per heavy atom. The lowest BCUT2D eigenvalue weighted by molar-refractivity contribution is 0.0243. The first-order valence-corrected chi connectivity index (χ1v) is 18.6. The van der Waals surface area contributed by atoms with Crippen LogP contribution < -0.4 is 10.6 Å². The van der Waals surface area contributed by atoms with Gasteiger partial charge in [-0.25, -0.2) is 9.59 Å². The zero-order valence-corrected chi connectivity index (χ0v) is 29.2. The summed E-state index contributed by atoms with van der Waals surface area (Å²) in [6.07, 6.45) is 3.08. The molecule has 45 heavy (non-hydrogen) atoms. The number of nitrogens with zero attached hydrogens (tertiary/aromatic N) is 1. The highest BCUT2D eigenvalue weighted by molar-refractivity contribution is 6.48. The monoisotopic (exact) mass is 633 g/mol. The van der Waals surface area contributed by atoms with Crippen molar-refractivity contribution in [1.29, 1.82) is 0 Å². The van der Waals surface area contributed by atoms with Crippen molar-refractivity contribution in [2.45, 2.75) is 97.9 Å². The third-order valence-electron chi connectivity index (χ3n) is 7.38. The molecule has 1 heterocycles. The van der Waals surface area contributed by atoms with Crippen LogP contribution in [0.1, 0.15) is 70.8 Å². The van der Waals surface area contributed by atoms with Gasteiger partial charge in [0.1, 0.15) is 12.2 Å². The Hall–Kier alpha value is -3.69. The van der Waals surface area contributed by atoms with E-state index in [-0.39, 0.29) is 24.0 Å². The maximum Gasteiger partial charge on any atom is 0.407 e. The molecule has 0 aliphatic heterocycles. The Kier molecular flexibility index (Phi) is 13.2. The van der Waals surface area contributed by atoms with Gasteiger partial charge in [0.2, 0.25) is 0 Å². The first-order chi connectivity index (χ1) is 21.2. The molecule has 2 amide bonds. The molecule has 1 unspecified atom stereocenters. The molecular formula is C36H51N3O5Si. The van der Waals surface area contributed by atoms with Crippen LogP contribution in [0.4, 0.5) is 9.59 Å². The number of pyridine rings is 1. The first kappa shape index (κ1) is 35.8. The predicted octanol–water partition coefficient (Wildman–Crippen LogP) is 7.61. The minimum absolute atomic E-state index is 0.117. The molecule has 0 radical (unpaired) electrons. The fourth-order valence-electron chi connectivity index (χ4n) is 5.42. The van der Waals surface area contributed by atoms with E-state index in [2.05, 4.69) is 61.6 Å². The lowest BCUT2D eigenvalue weighted by Gasteiger charge is -2.43. The summed E-state index contributed by atoms with van der Waals surface area (Å²) in [5.41, 5.74) is 1.91. The van der Waals surface area contributed by atoms with Crippen molar-refractivity contribution in [2.75, 3.05) is 0 Å². The Bertz CT molecular complexity index is 1310. The van der Waals surface area contributed by atoms with Gasteiger partial charge in [0.15, 0.2) is 9.04 Å². The molecule has 9 heteroatoms. The third-order valence-corrected chi connectivity index (χ3v) is 8.22. The number of hydrogen-bond donors (Lipinski definition) is 2. The minimum Gasteiger partial charge on any atom is -0.445 e. The quantitative estimate of drug-likeness (QED) is 0.188. The highest BCUT2D eigenvalue weighted by Crippen LogP contribution is 2.40. The van der Waals surface area contributed by atoms with Crippen LogP contribution in [0.3, 0.4) is 0 Å². The SMILES string of the molecule is C[SiH](C)OC(c1ccccc1)[C@@H](NC(=O)OC(C)(C)C)[C@@H](C[C@@H](Cc1ccccc1)NC(=O)OCc1cccnc1)C(C)(C)C. The average Bonchev–Trinajstić information content (AvgIpc) is 2.96. The molecule has 4 atom stereocenters. The molecule has 0 spiro atoms. The van der Waals surface area contributed by atoms with Crippen LogP contribution in [0.15, 0.2) is 85.2 Å². The number of nitrogens with one attached hydrogen (secondary N) is 2. The highest BCUT2D eigenvalue weighted by Gasteiger charge is 2.41. The van der Waals surface area contributed by atoms with E-state index in [0.29, 0.717) is 12.8 Å². The highest BCUT2D eigenvalue weighted by atomic mass is 28.3.